The third-order valence-corrected chi connectivity index (χ3v) is 3.45. The number of anilines is 2. The van der Waals surface area contributed by atoms with Gasteiger partial charge in [0.1, 0.15) is 0 Å². The van der Waals surface area contributed by atoms with Crippen LogP contribution in [0.25, 0.3) is 0 Å². The SMILES string of the molecule is CCNc1nc(SC)nc(NC(CC)CC)c1[N+](=O)[O-]. The van der Waals surface area contributed by atoms with Crippen molar-refractivity contribution in [2.75, 3.05) is 23.4 Å². The van der Waals surface area contributed by atoms with E-state index in [2.05, 4.69) is 20.6 Å². The van der Waals surface area contributed by atoms with Crippen molar-refractivity contribution < 1.29 is 4.92 Å². The molecule has 1 rings (SSSR count). The van der Waals surface area contributed by atoms with Crippen molar-refractivity contribution in [3.8, 4) is 0 Å². The van der Waals surface area contributed by atoms with Gasteiger partial charge in [-0.05, 0) is 26.0 Å². The molecule has 0 aromatic carbocycles. The Kier molecular flexibility index (Phi) is 6.50. The number of nitrogens with zero attached hydrogens (tertiary/aromatic N) is 3. The first-order valence-electron chi connectivity index (χ1n) is 6.68. The summed E-state index contributed by atoms with van der Waals surface area (Å²) in [6.07, 6.45) is 3.60. The van der Waals surface area contributed by atoms with Gasteiger partial charge in [0.2, 0.25) is 11.6 Å². The lowest BCUT2D eigenvalue weighted by atomic mass is 10.2. The molecule has 0 saturated carbocycles. The Bertz CT molecular complexity index is 465. The molecule has 1 heterocycles. The molecule has 7 nitrogen and oxygen atoms in total. The average molecular weight is 299 g/mol. The molecule has 0 aliphatic rings. The van der Waals surface area contributed by atoms with E-state index in [0.717, 1.165) is 12.8 Å². The Morgan fingerprint density at radius 3 is 2.30 bits per heavy atom. The highest BCUT2D eigenvalue weighted by atomic mass is 32.2. The topological polar surface area (TPSA) is 93.0 Å². The van der Waals surface area contributed by atoms with E-state index in [-0.39, 0.29) is 17.5 Å². The van der Waals surface area contributed by atoms with Crippen LogP contribution in [0.1, 0.15) is 33.6 Å². The molecule has 1 aromatic heterocycles. The fourth-order valence-electron chi connectivity index (χ4n) is 1.78. The molecule has 20 heavy (non-hydrogen) atoms. The van der Waals surface area contributed by atoms with Gasteiger partial charge in [0, 0.05) is 12.6 Å². The van der Waals surface area contributed by atoms with E-state index < -0.39 is 4.92 Å². The van der Waals surface area contributed by atoms with Crippen LogP contribution < -0.4 is 10.6 Å². The van der Waals surface area contributed by atoms with Gasteiger partial charge < -0.3 is 10.6 Å². The zero-order valence-corrected chi connectivity index (χ0v) is 13.1. The average Bonchev–Trinajstić information content (AvgIpc) is 2.44. The molecular weight excluding hydrogens is 278 g/mol. The van der Waals surface area contributed by atoms with E-state index in [9.17, 15) is 10.1 Å². The Balaban J connectivity index is 3.29. The van der Waals surface area contributed by atoms with Crippen molar-refractivity contribution in [2.24, 2.45) is 0 Å². The van der Waals surface area contributed by atoms with Crippen LogP contribution in [0.3, 0.4) is 0 Å². The first-order chi connectivity index (χ1) is 9.57. The van der Waals surface area contributed by atoms with E-state index in [1.165, 1.54) is 11.8 Å². The first kappa shape index (κ1) is 16.5. The normalized spacial score (nSPS) is 10.7. The van der Waals surface area contributed by atoms with Crippen LogP contribution in [0.5, 0.6) is 0 Å². The summed E-state index contributed by atoms with van der Waals surface area (Å²) in [7, 11) is 0. The van der Waals surface area contributed by atoms with E-state index in [0.29, 0.717) is 17.5 Å². The van der Waals surface area contributed by atoms with Crippen LogP contribution in [0.4, 0.5) is 17.3 Å². The maximum absolute atomic E-state index is 11.3. The number of hydrogen-bond donors (Lipinski definition) is 2. The third kappa shape index (κ3) is 3.96. The van der Waals surface area contributed by atoms with Crippen molar-refractivity contribution in [3.63, 3.8) is 0 Å². The molecular formula is C12H21N5O2S. The zero-order chi connectivity index (χ0) is 15.1. The number of hydrogen-bond acceptors (Lipinski definition) is 7. The van der Waals surface area contributed by atoms with Crippen molar-refractivity contribution in [3.05, 3.63) is 10.1 Å². The predicted octanol–water partition coefficient (Wildman–Crippen LogP) is 3.14. The monoisotopic (exact) mass is 299 g/mol. The van der Waals surface area contributed by atoms with Crippen molar-refractivity contribution >= 4 is 29.1 Å². The van der Waals surface area contributed by atoms with E-state index in [4.69, 9.17) is 0 Å². The summed E-state index contributed by atoms with van der Waals surface area (Å²) in [5.41, 5.74) is -0.0865. The third-order valence-electron chi connectivity index (χ3n) is 2.90. The summed E-state index contributed by atoms with van der Waals surface area (Å²) in [4.78, 5) is 19.3. The molecule has 0 aliphatic heterocycles. The van der Waals surface area contributed by atoms with E-state index in [1.807, 2.05) is 27.0 Å². The summed E-state index contributed by atoms with van der Waals surface area (Å²) in [6, 6.07) is 0.160. The van der Waals surface area contributed by atoms with Gasteiger partial charge in [-0.25, -0.2) is 0 Å². The summed E-state index contributed by atoms with van der Waals surface area (Å²) in [6.45, 7) is 6.51. The zero-order valence-electron chi connectivity index (χ0n) is 12.3. The van der Waals surface area contributed by atoms with Crippen molar-refractivity contribution in [1.82, 2.24) is 9.97 Å². The van der Waals surface area contributed by atoms with Gasteiger partial charge in [-0.3, -0.25) is 10.1 Å². The quantitative estimate of drug-likeness (QED) is 0.329. The predicted molar refractivity (Wildman–Crippen MR) is 82.6 cm³/mol. The van der Waals surface area contributed by atoms with Crippen LogP contribution in [-0.4, -0.2) is 33.7 Å². The minimum absolute atomic E-state index is 0.0865. The van der Waals surface area contributed by atoms with Crippen molar-refractivity contribution in [2.45, 2.75) is 44.8 Å². The molecule has 8 heteroatoms. The Hall–Kier alpha value is -1.57. The van der Waals surface area contributed by atoms with Gasteiger partial charge in [-0.2, -0.15) is 9.97 Å². The van der Waals surface area contributed by atoms with Crippen LogP contribution in [0.15, 0.2) is 5.16 Å². The van der Waals surface area contributed by atoms with Crippen LogP contribution in [0.2, 0.25) is 0 Å². The molecule has 0 atom stereocenters. The number of nitrogens with one attached hydrogen (secondary N) is 2. The maximum Gasteiger partial charge on any atom is 0.353 e. The van der Waals surface area contributed by atoms with Crippen LogP contribution >= 0.6 is 11.8 Å². The van der Waals surface area contributed by atoms with Gasteiger partial charge in [0.05, 0.1) is 4.92 Å². The van der Waals surface area contributed by atoms with Gasteiger partial charge >= 0.3 is 5.69 Å². The minimum Gasteiger partial charge on any atom is -0.364 e. The molecule has 0 bridgehead atoms. The molecule has 112 valence electrons. The standard InChI is InChI=1S/C12H21N5O2S/c1-5-8(6-2)14-11-9(17(18)19)10(13-7-3)15-12(16-11)20-4/h8H,5-7H2,1-4H3,(H2,13,14,15,16). The summed E-state index contributed by atoms with van der Waals surface area (Å²) in [5.74, 6) is 0.560. The Labute approximate surface area is 123 Å². The van der Waals surface area contributed by atoms with Gasteiger partial charge in [-0.1, -0.05) is 25.6 Å². The van der Waals surface area contributed by atoms with Gasteiger partial charge in [0.15, 0.2) is 5.16 Å². The van der Waals surface area contributed by atoms with Crippen molar-refractivity contribution in [1.29, 1.82) is 0 Å². The smallest absolute Gasteiger partial charge is 0.353 e. The highest BCUT2D eigenvalue weighted by Crippen LogP contribution is 2.32. The van der Waals surface area contributed by atoms with Crippen LogP contribution in [0, 0.1) is 10.1 Å². The summed E-state index contributed by atoms with van der Waals surface area (Å²) in [5, 5.41) is 17.9. The molecule has 0 saturated heterocycles. The molecule has 0 fully saturated rings. The van der Waals surface area contributed by atoms with Gasteiger partial charge in [-0.15, -0.1) is 0 Å². The fourth-order valence-corrected chi connectivity index (χ4v) is 2.14. The molecule has 0 aliphatic carbocycles. The Morgan fingerprint density at radius 2 is 1.85 bits per heavy atom. The molecule has 0 radical (unpaired) electrons. The fraction of sp³-hybridized carbons (Fsp3) is 0.667. The molecule has 1 aromatic rings. The lowest BCUT2D eigenvalue weighted by molar-refractivity contribution is -0.383. The second-order valence-corrected chi connectivity index (χ2v) is 4.97. The molecule has 0 spiro atoms. The first-order valence-corrected chi connectivity index (χ1v) is 7.90. The molecule has 0 amide bonds. The van der Waals surface area contributed by atoms with Gasteiger partial charge in [0.25, 0.3) is 0 Å². The highest BCUT2D eigenvalue weighted by Gasteiger charge is 2.25. The van der Waals surface area contributed by atoms with Crippen LogP contribution in [-0.2, 0) is 0 Å². The lowest BCUT2D eigenvalue weighted by Gasteiger charge is -2.16. The van der Waals surface area contributed by atoms with E-state index in [1.54, 1.807) is 0 Å². The number of aromatic nitrogens is 2. The number of rotatable bonds is 8. The second-order valence-electron chi connectivity index (χ2n) is 4.20. The largest absolute Gasteiger partial charge is 0.364 e. The highest BCUT2D eigenvalue weighted by molar-refractivity contribution is 7.98. The summed E-state index contributed by atoms with van der Waals surface area (Å²) < 4.78 is 0. The molecule has 0 unspecified atom stereocenters. The number of nitro groups is 1. The lowest BCUT2D eigenvalue weighted by Crippen LogP contribution is -2.20. The Morgan fingerprint density at radius 1 is 1.25 bits per heavy atom. The minimum atomic E-state index is -0.438. The number of thioether (sulfide) groups is 1. The van der Waals surface area contributed by atoms with E-state index >= 15 is 0 Å². The maximum atomic E-state index is 11.3. The molecule has 2 N–H and O–H groups in total. The second kappa shape index (κ2) is 7.88. The summed E-state index contributed by atoms with van der Waals surface area (Å²) >= 11 is 1.36.